The van der Waals surface area contributed by atoms with E-state index in [2.05, 4.69) is 21.3 Å². The van der Waals surface area contributed by atoms with Crippen LogP contribution < -0.4 is 21.3 Å². The molecule has 21 heavy (non-hydrogen) atoms. The van der Waals surface area contributed by atoms with Crippen LogP contribution >= 0.6 is 0 Å². The standard InChI is InChI=1S/C15H22N4O2/c1-2-8-16-14(20)7-9-17-15(21)13-10-18-11-5-3-4-6-12(11)19-13/h3-6,13,18-19H,2,7-10H2,1H3,(H,16,20)(H,17,21). The Hall–Kier alpha value is -2.24. The molecule has 0 aromatic heterocycles. The highest BCUT2D eigenvalue weighted by Gasteiger charge is 2.22. The van der Waals surface area contributed by atoms with Gasteiger partial charge in [-0.25, -0.2) is 0 Å². The number of carbonyl (C=O) groups is 2. The predicted molar refractivity (Wildman–Crippen MR) is 83.3 cm³/mol. The van der Waals surface area contributed by atoms with Gasteiger partial charge in [-0.3, -0.25) is 9.59 Å². The monoisotopic (exact) mass is 290 g/mol. The summed E-state index contributed by atoms with van der Waals surface area (Å²) >= 11 is 0. The van der Waals surface area contributed by atoms with Gasteiger partial charge in [0.05, 0.1) is 11.4 Å². The van der Waals surface area contributed by atoms with Crippen molar-refractivity contribution in [2.45, 2.75) is 25.8 Å². The molecule has 6 nitrogen and oxygen atoms in total. The van der Waals surface area contributed by atoms with Crippen molar-refractivity contribution in [3.63, 3.8) is 0 Å². The van der Waals surface area contributed by atoms with Crippen LogP contribution in [0.1, 0.15) is 19.8 Å². The fourth-order valence-electron chi connectivity index (χ4n) is 2.15. The molecule has 1 atom stereocenters. The number of hydrogen-bond donors (Lipinski definition) is 4. The molecular formula is C15H22N4O2. The van der Waals surface area contributed by atoms with Gasteiger partial charge in [0.2, 0.25) is 11.8 Å². The zero-order chi connectivity index (χ0) is 15.1. The summed E-state index contributed by atoms with van der Waals surface area (Å²) in [4.78, 5) is 23.5. The number of fused-ring (bicyclic) bond motifs is 1. The van der Waals surface area contributed by atoms with Crippen LogP contribution in [-0.4, -0.2) is 37.5 Å². The van der Waals surface area contributed by atoms with Crippen molar-refractivity contribution in [1.82, 2.24) is 10.6 Å². The van der Waals surface area contributed by atoms with Crippen molar-refractivity contribution in [3.05, 3.63) is 24.3 Å². The number of hydrogen-bond acceptors (Lipinski definition) is 4. The molecule has 6 heteroatoms. The Kier molecular flexibility index (Phi) is 5.43. The minimum atomic E-state index is -0.321. The summed E-state index contributed by atoms with van der Waals surface area (Å²) in [5, 5.41) is 12.0. The summed E-state index contributed by atoms with van der Waals surface area (Å²) in [5.41, 5.74) is 1.92. The first-order valence-electron chi connectivity index (χ1n) is 7.34. The Labute approximate surface area is 124 Å². The number of amides is 2. The first kappa shape index (κ1) is 15.2. The minimum absolute atomic E-state index is 0.0303. The lowest BCUT2D eigenvalue weighted by Gasteiger charge is -2.27. The number of rotatable bonds is 6. The highest BCUT2D eigenvalue weighted by Crippen LogP contribution is 2.24. The highest BCUT2D eigenvalue weighted by atomic mass is 16.2. The van der Waals surface area contributed by atoms with E-state index in [4.69, 9.17) is 0 Å². The van der Waals surface area contributed by atoms with Gasteiger partial charge >= 0.3 is 0 Å². The van der Waals surface area contributed by atoms with Crippen molar-refractivity contribution >= 4 is 23.2 Å². The maximum atomic E-state index is 12.1. The van der Waals surface area contributed by atoms with Gasteiger partial charge in [-0.2, -0.15) is 0 Å². The summed E-state index contributed by atoms with van der Waals surface area (Å²) in [6.45, 7) is 3.57. The van der Waals surface area contributed by atoms with Crippen LogP contribution in [0.25, 0.3) is 0 Å². The van der Waals surface area contributed by atoms with E-state index in [1.54, 1.807) is 0 Å². The van der Waals surface area contributed by atoms with E-state index in [9.17, 15) is 9.59 Å². The maximum Gasteiger partial charge on any atom is 0.244 e. The Bertz CT molecular complexity index is 504. The minimum Gasteiger partial charge on any atom is -0.381 e. The lowest BCUT2D eigenvalue weighted by Crippen LogP contribution is -2.46. The number of anilines is 2. The van der Waals surface area contributed by atoms with Crippen LogP contribution in [0.3, 0.4) is 0 Å². The van der Waals surface area contributed by atoms with Crippen molar-refractivity contribution in [1.29, 1.82) is 0 Å². The number of benzene rings is 1. The van der Waals surface area contributed by atoms with Gasteiger partial charge in [0.1, 0.15) is 6.04 Å². The SMILES string of the molecule is CCCNC(=O)CCNC(=O)C1CNc2ccccc2N1. The normalized spacial score (nSPS) is 16.1. The fourth-order valence-corrected chi connectivity index (χ4v) is 2.15. The second-order valence-corrected chi connectivity index (χ2v) is 5.01. The molecule has 114 valence electrons. The van der Waals surface area contributed by atoms with Crippen LogP contribution in [0.5, 0.6) is 0 Å². The molecule has 1 aromatic rings. The van der Waals surface area contributed by atoms with E-state index < -0.39 is 0 Å². The zero-order valence-corrected chi connectivity index (χ0v) is 12.2. The fraction of sp³-hybridized carbons (Fsp3) is 0.467. The van der Waals surface area contributed by atoms with Crippen molar-refractivity contribution < 1.29 is 9.59 Å². The molecule has 4 N–H and O–H groups in total. The predicted octanol–water partition coefficient (Wildman–Crippen LogP) is 0.925. The van der Waals surface area contributed by atoms with Gasteiger partial charge in [-0.05, 0) is 18.6 Å². The average molecular weight is 290 g/mol. The molecule has 0 bridgehead atoms. The third kappa shape index (κ3) is 4.37. The number of nitrogens with one attached hydrogen (secondary N) is 4. The molecule has 1 unspecified atom stereocenters. The van der Waals surface area contributed by atoms with E-state index in [0.29, 0.717) is 26.1 Å². The van der Waals surface area contributed by atoms with E-state index in [1.165, 1.54) is 0 Å². The number of carbonyl (C=O) groups excluding carboxylic acids is 2. The van der Waals surface area contributed by atoms with Gasteiger partial charge in [-0.15, -0.1) is 0 Å². The van der Waals surface area contributed by atoms with Gasteiger partial charge < -0.3 is 21.3 Å². The van der Waals surface area contributed by atoms with E-state index in [0.717, 1.165) is 17.8 Å². The molecule has 0 fully saturated rings. The molecule has 0 radical (unpaired) electrons. The molecule has 0 saturated carbocycles. The van der Waals surface area contributed by atoms with Crippen LogP contribution in [0, 0.1) is 0 Å². The van der Waals surface area contributed by atoms with Crippen molar-refractivity contribution in [3.8, 4) is 0 Å². The summed E-state index contributed by atoms with van der Waals surface area (Å²) < 4.78 is 0. The average Bonchev–Trinajstić information content (AvgIpc) is 2.52. The topological polar surface area (TPSA) is 82.3 Å². The first-order valence-corrected chi connectivity index (χ1v) is 7.34. The molecule has 1 aliphatic rings. The molecule has 0 saturated heterocycles. The van der Waals surface area contributed by atoms with Crippen LogP contribution in [-0.2, 0) is 9.59 Å². The smallest absolute Gasteiger partial charge is 0.244 e. The summed E-state index contributed by atoms with van der Waals surface area (Å²) in [5.74, 6) is -0.127. The Balaban J connectivity index is 1.74. The lowest BCUT2D eigenvalue weighted by atomic mass is 10.1. The Morgan fingerprint density at radius 2 is 1.95 bits per heavy atom. The molecule has 0 aliphatic carbocycles. The second-order valence-electron chi connectivity index (χ2n) is 5.01. The molecule has 2 amide bonds. The Morgan fingerprint density at radius 3 is 2.71 bits per heavy atom. The molecule has 2 rings (SSSR count). The third-order valence-corrected chi connectivity index (χ3v) is 3.29. The lowest BCUT2D eigenvalue weighted by molar-refractivity contribution is -0.122. The largest absolute Gasteiger partial charge is 0.381 e. The summed E-state index contributed by atoms with van der Waals surface area (Å²) in [6.07, 6.45) is 1.22. The van der Waals surface area contributed by atoms with E-state index >= 15 is 0 Å². The van der Waals surface area contributed by atoms with Crippen molar-refractivity contribution in [2.24, 2.45) is 0 Å². The van der Waals surface area contributed by atoms with Crippen molar-refractivity contribution in [2.75, 3.05) is 30.3 Å². The van der Waals surface area contributed by atoms with Gasteiger partial charge in [0.25, 0.3) is 0 Å². The zero-order valence-electron chi connectivity index (χ0n) is 12.2. The Morgan fingerprint density at radius 1 is 1.19 bits per heavy atom. The van der Waals surface area contributed by atoms with Gasteiger partial charge in [-0.1, -0.05) is 19.1 Å². The maximum absolute atomic E-state index is 12.1. The first-order chi connectivity index (χ1) is 10.2. The third-order valence-electron chi connectivity index (χ3n) is 3.29. The van der Waals surface area contributed by atoms with Gasteiger partial charge in [0.15, 0.2) is 0 Å². The van der Waals surface area contributed by atoms with E-state index in [-0.39, 0.29) is 17.9 Å². The molecule has 1 aromatic carbocycles. The molecule has 0 spiro atoms. The summed E-state index contributed by atoms with van der Waals surface area (Å²) in [7, 11) is 0. The quantitative estimate of drug-likeness (QED) is 0.628. The summed E-state index contributed by atoms with van der Waals surface area (Å²) in [6, 6.07) is 7.45. The second kappa shape index (κ2) is 7.52. The van der Waals surface area contributed by atoms with Gasteiger partial charge in [0, 0.05) is 26.1 Å². The molecule has 1 heterocycles. The number of para-hydroxylation sites is 2. The highest BCUT2D eigenvalue weighted by molar-refractivity contribution is 5.89. The molecule has 1 aliphatic heterocycles. The molecular weight excluding hydrogens is 268 g/mol. The van der Waals surface area contributed by atoms with Crippen LogP contribution in [0.4, 0.5) is 11.4 Å². The van der Waals surface area contributed by atoms with E-state index in [1.807, 2.05) is 31.2 Å². The van der Waals surface area contributed by atoms with Crippen LogP contribution in [0.15, 0.2) is 24.3 Å². The van der Waals surface area contributed by atoms with Crippen LogP contribution in [0.2, 0.25) is 0 Å².